The number of thioether (sulfide) groups is 1. The minimum absolute atomic E-state index is 0.0270. The molecule has 0 amide bonds. The van der Waals surface area contributed by atoms with Crippen LogP contribution in [0, 0.1) is 23.5 Å². The van der Waals surface area contributed by atoms with Gasteiger partial charge < -0.3 is 14.7 Å². The van der Waals surface area contributed by atoms with E-state index in [1.165, 1.54) is 17.8 Å². The highest BCUT2D eigenvalue weighted by Gasteiger charge is 2.31. The van der Waals surface area contributed by atoms with Crippen molar-refractivity contribution in [3.63, 3.8) is 0 Å². The average Bonchev–Trinajstić information content (AvgIpc) is 2.89. The van der Waals surface area contributed by atoms with Crippen LogP contribution in [0.5, 0.6) is 5.75 Å². The Labute approximate surface area is 219 Å². The number of hydrogen-bond acceptors (Lipinski definition) is 5. The lowest BCUT2D eigenvalue weighted by Gasteiger charge is -2.38. The van der Waals surface area contributed by atoms with E-state index in [-0.39, 0.29) is 23.2 Å². The van der Waals surface area contributed by atoms with E-state index in [0.717, 1.165) is 30.5 Å². The van der Waals surface area contributed by atoms with E-state index in [9.17, 15) is 18.7 Å². The number of piperidine rings is 1. The lowest BCUT2D eigenvalue weighted by atomic mass is 9.79. The van der Waals surface area contributed by atoms with E-state index in [2.05, 4.69) is 9.88 Å². The first-order valence-electron chi connectivity index (χ1n) is 12.4. The van der Waals surface area contributed by atoms with Crippen molar-refractivity contribution < 1.29 is 27.8 Å². The van der Waals surface area contributed by atoms with Gasteiger partial charge in [-0.15, -0.1) is 11.8 Å². The molecule has 2 heterocycles. The van der Waals surface area contributed by atoms with Crippen molar-refractivity contribution in [1.82, 2.24) is 9.88 Å². The molecule has 1 fully saturated rings. The van der Waals surface area contributed by atoms with E-state index in [1.54, 1.807) is 31.5 Å². The second-order valence-corrected chi connectivity index (χ2v) is 10.6. The predicted molar refractivity (Wildman–Crippen MR) is 139 cm³/mol. The molecule has 2 aromatic carbocycles. The third-order valence-corrected chi connectivity index (χ3v) is 8.09. The molecule has 1 aliphatic heterocycles. The Kier molecular flexibility index (Phi) is 9.32. The molecule has 3 aromatic rings. The molecule has 0 saturated carbocycles. The molecule has 198 valence electrons. The molecule has 1 aromatic heterocycles. The van der Waals surface area contributed by atoms with Crippen LogP contribution >= 0.6 is 11.8 Å². The van der Waals surface area contributed by atoms with Crippen LogP contribution in [0.15, 0.2) is 53.6 Å². The number of ether oxygens (including phenoxy) is 1. The van der Waals surface area contributed by atoms with Gasteiger partial charge >= 0.3 is 5.97 Å². The molecule has 1 aliphatic rings. The van der Waals surface area contributed by atoms with Crippen molar-refractivity contribution in [2.75, 3.05) is 32.5 Å². The van der Waals surface area contributed by atoms with E-state index >= 15 is 4.39 Å². The molecule has 1 saturated heterocycles. The first-order chi connectivity index (χ1) is 17.8. The van der Waals surface area contributed by atoms with Crippen LogP contribution in [0.25, 0.3) is 10.9 Å². The SMILES string of the molecule is COc1ccc2nccc([C@@H](F)CC[C@@H]3CCN(CCSc4cc(F)ccc4F)C[C@@H]3CC(=O)O)c2c1. The summed E-state index contributed by atoms with van der Waals surface area (Å²) in [5, 5.41) is 10.2. The zero-order valence-corrected chi connectivity index (χ0v) is 21.5. The highest BCUT2D eigenvalue weighted by Crippen LogP contribution is 2.36. The Balaban J connectivity index is 1.35. The zero-order valence-electron chi connectivity index (χ0n) is 20.7. The van der Waals surface area contributed by atoms with Crippen molar-refractivity contribution in [1.29, 1.82) is 0 Å². The third kappa shape index (κ3) is 7.17. The maximum Gasteiger partial charge on any atom is 0.303 e. The Hall–Kier alpha value is -2.78. The fraction of sp³-hybridized carbons (Fsp3) is 0.429. The summed E-state index contributed by atoms with van der Waals surface area (Å²) in [7, 11) is 1.57. The van der Waals surface area contributed by atoms with Crippen LogP contribution < -0.4 is 4.74 Å². The van der Waals surface area contributed by atoms with Gasteiger partial charge in [0, 0.05) is 41.7 Å². The van der Waals surface area contributed by atoms with Gasteiger partial charge in [-0.2, -0.15) is 0 Å². The standard InChI is InChI=1S/C28H31F3N2O3S/c1-36-21-4-7-26-23(16-21)22(8-10-32-26)24(30)5-2-18-9-11-33(17-19(18)14-28(34)35)12-13-37-27-15-20(29)3-6-25(27)31/h3-4,6-8,10,15-16,18-19,24H,2,5,9,11-14,17H2,1H3,(H,34,35)/t18-,19+,24+/m1/s1. The number of aliphatic carboxylic acids is 1. The topological polar surface area (TPSA) is 62.7 Å². The highest BCUT2D eigenvalue weighted by atomic mass is 32.2. The van der Waals surface area contributed by atoms with Gasteiger partial charge in [-0.25, -0.2) is 13.2 Å². The smallest absolute Gasteiger partial charge is 0.303 e. The third-order valence-electron chi connectivity index (χ3n) is 7.08. The molecule has 0 aliphatic carbocycles. The summed E-state index contributed by atoms with van der Waals surface area (Å²) in [6.07, 6.45) is 2.10. The molecular weight excluding hydrogens is 501 g/mol. The van der Waals surface area contributed by atoms with Gasteiger partial charge in [0.15, 0.2) is 0 Å². The number of carboxylic acid groups (broad SMARTS) is 1. The second-order valence-electron chi connectivity index (χ2n) is 9.46. The number of aromatic nitrogens is 1. The number of halogens is 3. The van der Waals surface area contributed by atoms with Crippen molar-refractivity contribution in [3.05, 3.63) is 65.9 Å². The van der Waals surface area contributed by atoms with Gasteiger partial charge in [0.1, 0.15) is 23.6 Å². The summed E-state index contributed by atoms with van der Waals surface area (Å²) in [5.74, 6) is -0.578. The average molecular weight is 533 g/mol. The summed E-state index contributed by atoms with van der Waals surface area (Å²) < 4.78 is 48.0. The van der Waals surface area contributed by atoms with Crippen LogP contribution in [0.3, 0.4) is 0 Å². The number of methoxy groups -OCH3 is 1. The summed E-state index contributed by atoms with van der Waals surface area (Å²) in [4.78, 5) is 18.3. The van der Waals surface area contributed by atoms with Gasteiger partial charge in [-0.05, 0) is 85.7 Å². The molecular formula is C28H31F3N2O3S. The number of rotatable bonds is 11. The number of carbonyl (C=O) groups is 1. The van der Waals surface area contributed by atoms with Gasteiger partial charge in [-0.1, -0.05) is 0 Å². The largest absolute Gasteiger partial charge is 0.497 e. The minimum atomic E-state index is -1.20. The summed E-state index contributed by atoms with van der Waals surface area (Å²) in [5.41, 5.74) is 1.27. The predicted octanol–water partition coefficient (Wildman–Crippen LogP) is 6.52. The fourth-order valence-corrected chi connectivity index (χ4v) is 6.10. The molecule has 9 heteroatoms. The van der Waals surface area contributed by atoms with Crippen molar-refractivity contribution in [2.24, 2.45) is 11.8 Å². The zero-order chi connectivity index (χ0) is 26.4. The number of hydrogen-bond donors (Lipinski definition) is 1. The van der Waals surface area contributed by atoms with Crippen LogP contribution in [0.1, 0.15) is 37.4 Å². The Bertz CT molecular complexity index is 1230. The molecule has 3 atom stereocenters. The number of alkyl halides is 1. The molecule has 4 rings (SSSR count). The molecule has 0 spiro atoms. The number of carboxylic acids is 1. The van der Waals surface area contributed by atoms with E-state index in [0.29, 0.717) is 48.5 Å². The lowest BCUT2D eigenvalue weighted by Crippen LogP contribution is -2.42. The van der Waals surface area contributed by atoms with Crippen molar-refractivity contribution in [3.8, 4) is 5.75 Å². The fourth-order valence-electron chi connectivity index (χ4n) is 5.13. The van der Waals surface area contributed by atoms with Gasteiger partial charge in [-0.3, -0.25) is 9.78 Å². The van der Waals surface area contributed by atoms with E-state index < -0.39 is 23.8 Å². The van der Waals surface area contributed by atoms with Crippen LogP contribution in [0.4, 0.5) is 13.2 Å². The number of nitrogens with zero attached hydrogens (tertiary/aromatic N) is 2. The Morgan fingerprint density at radius 1 is 1.22 bits per heavy atom. The summed E-state index contributed by atoms with van der Waals surface area (Å²) >= 11 is 1.25. The highest BCUT2D eigenvalue weighted by molar-refractivity contribution is 7.99. The molecule has 0 unspecified atom stereocenters. The van der Waals surface area contributed by atoms with Crippen LogP contribution in [-0.4, -0.2) is 53.5 Å². The number of likely N-dealkylation sites (tertiary alicyclic amines) is 1. The van der Waals surface area contributed by atoms with Gasteiger partial charge in [0.05, 0.1) is 12.6 Å². The maximum absolute atomic E-state index is 15.5. The molecule has 37 heavy (non-hydrogen) atoms. The van der Waals surface area contributed by atoms with Crippen LogP contribution in [-0.2, 0) is 4.79 Å². The van der Waals surface area contributed by atoms with Gasteiger partial charge in [0.2, 0.25) is 0 Å². The quantitative estimate of drug-likeness (QED) is 0.284. The lowest BCUT2D eigenvalue weighted by molar-refractivity contribution is -0.139. The Morgan fingerprint density at radius 2 is 2.05 bits per heavy atom. The monoisotopic (exact) mass is 532 g/mol. The van der Waals surface area contributed by atoms with Crippen molar-refractivity contribution in [2.45, 2.75) is 36.8 Å². The first kappa shape index (κ1) is 27.3. The number of benzene rings is 2. The molecule has 0 bridgehead atoms. The number of pyridine rings is 1. The van der Waals surface area contributed by atoms with Gasteiger partial charge in [0.25, 0.3) is 0 Å². The summed E-state index contributed by atoms with van der Waals surface area (Å²) in [6, 6.07) is 10.5. The van der Waals surface area contributed by atoms with E-state index in [1.807, 2.05) is 6.07 Å². The Morgan fingerprint density at radius 3 is 2.84 bits per heavy atom. The molecule has 1 N–H and O–H groups in total. The number of fused-ring (bicyclic) bond motifs is 1. The molecule has 0 radical (unpaired) electrons. The second kappa shape index (κ2) is 12.6. The van der Waals surface area contributed by atoms with Crippen LogP contribution in [0.2, 0.25) is 0 Å². The first-order valence-corrected chi connectivity index (χ1v) is 13.4. The minimum Gasteiger partial charge on any atom is -0.497 e. The van der Waals surface area contributed by atoms with E-state index in [4.69, 9.17) is 4.74 Å². The maximum atomic E-state index is 15.5. The van der Waals surface area contributed by atoms with Crippen molar-refractivity contribution >= 4 is 28.6 Å². The summed E-state index contributed by atoms with van der Waals surface area (Å²) in [6.45, 7) is 1.99. The molecule has 5 nitrogen and oxygen atoms in total. The normalized spacial score (nSPS) is 19.1.